The maximum Gasteiger partial charge on any atom is 0.0490 e. The second-order valence-electron chi connectivity index (χ2n) is 4.17. The number of rotatable bonds is 1. The Morgan fingerprint density at radius 3 is 2.80 bits per heavy atom. The first-order valence-corrected chi connectivity index (χ1v) is 4.39. The fraction of sp³-hybridized carbons (Fsp3) is 1.00. The van der Waals surface area contributed by atoms with E-state index in [1.54, 1.807) is 0 Å². The Kier molecular flexibility index (Phi) is 1.31. The summed E-state index contributed by atoms with van der Waals surface area (Å²) < 4.78 is 0. The molecule has 10 heavy (non-hydrogen) atoms. The molecule has 3 saturated carbocycles. The lowest BCUT2D eigenvalue weighted by atomic mass is 9.48. The lowest BCUT2D eigenvalue weighted by Gasteiger charge is -2.57. The van der Waals surface area contributed by atoms with Crippen molar-refractivity contribution in [3.63, 3.8) is 0 Å². The molecule has 0 aromatic heterocycles. The van der Waals surface area contributed by atoms with E-state index in [4.69, 9.17) is 5.11 Å². The van der Waals surface area contributed by atoms with Crippen LogP contribution < -0.4 is 0 Å². The van der Waals surface area contributed by atoms with E-state index in [0.29, 0.717) is 12.0 Å². The molecule has 0 spiro atoms. The molecule has 3 aliphatic carbocycles. The topological polar surface area (TPSA) is 20.2 Å². The number of hydrogen-bond donors (Lipinski definition) is 1. The molecular formula is C9H16O. The first-order valence-electron chi connectivity index (χ1n) is 4.39. The third kappa shape index (κ3) is 0.619. The molecule has 1 nitrogen and oxygen atoms in total. The van der Waals surface area contributed by atoms with E-state index in [-0.39, 0.29) is 0 Å². The normalized spacial score (nSPS) is 52.2. The summed E-state index contributed by atoms with van der Waals surface area (Å²) in [7, 11) is 0. The van der Waals surface area contributed by atoms with E-state index in [1.807, 2.05) is 0 Å². The number of aliphatic hydroxyl groups excluding tert-OH is 1. The quantitative estimate of drug-likeness (QED) is 0.589. The van der Waals surface area contributed by atoms with Crippen LogP contribution in [0.15, 0.2) is 0 Å². The van der Waals surface area contributed by atoms with Gasteiger partial charge in [0.05, 0.1) is 0 Å². The lowest BCUT2D eigenvalue weighted by Crippen LogP contribution is -2.51. The van der Waals surface area contributed by atoms with Crippen LogP contribution in [0, 0.1) is 17.3 Å². The zero-order valence-electron chi connectivity index (χ0n) is 6.64. The van der Waals surface area contributed by atoms with Gasteiger partial charge in [-0.1, -0.05) is 19.8 Å². The van der Waals surface area contributed by atoms with Crippen LogP contribution >= 0.6 is 0 Å². The molecule has 0 heterocycles. The summed E-state index contributed by atoms with van der Waals surface area (Å²) in [6.07, 6.45) is 5.37. The van der Waals surface area contributed by atoms with Gasteiger partial charge in [0.2, 0.25) is 0 Å². The van der Waals surface area contributed by atoms with Crippen LogP contribution in [0.5, 0.6) is 0 Å². The van der Waals surface area contributed by atoms with Gasteiger partial charge in [-0.25, -0.2) is 0 Å². The summed E-state index contributed by atoms with van der Waals surface area (Å²) >= 11 is 0. The molecule has 0 saturated heterocycles. The highest BCUT2D eigenvalue weighted by Gasteiger charge is 2.52. The highest BCUT2D eigenvalue weighted by Crippen LogP contribution is 2.59. The highest BCUT2D eigenvalue weighted by atomic mass is 16.3. The summed E-state index contributed by atoms with van der Waals surface area (Å²) in [5, 5.41) is 9.16. The second-order valence-corrected chi connectivity index (χ2v) is 4.17. The number of hydrogen-bond acceptors (Lipinski definition) is 1. The van der Waals surface area contributed by atoms with Crippen LogP contribution in [-0.2, 0) is 0 Å². The minimum absolute atomic E-state index is 0.378. The van der Waals surface area contributed by atoms with Crippen LogP contribution in [0.1, 0.15) is 32.6 Å². The molecule has 3 fully saturated rings. The Morgan fingerprint density at radius 1 is 1.60 bits per heavy atom. The van der Waals surface area contributed by atoms with Gasteiger partial charge in [-0.2, -0.15) is 0 Å². The summed E-state index contributed by atoms with van der Waals surface area (Å²) in [5.41, 5.74) is 0.378. The SMILES string of the molecule is C[C@H]1[C@@H]2CCCC1(CO)C2. The number of fused-ring (bicyclic) bond motifs is 2. The van der Waals surface area contributed by atoms with Gasteiger partial charge in [-0.15, -0.1) is 0 Å². The summed E-state index contributed by atoms with van der Waals surface area (Å²) in [5.74, 6) is 1.77. The van der Waals surface area contributed by atoms with Gasteiger partial charge in [0.25, 0.3) is 0 Å². The average molecular weight is 140 g/mol. The molecule has 58 valence electrons. The molecule has 0 aliphatic heterocycles. The molecule has 0 radical (unpaired) electrons. The fourth-order valence-electron chi connectivity index (χ4n) is 2.91. The molecule has 1 heteroatoms. The first-order chi connectivity index (χ1) is 4.78. The van der Waals surface area contributed by atoms with Crippen molar-refractivity contribution in [1.82, 2.24) is 0 Å². The Morgan fingerprint density at radius 2 is 2.40 bits per heavy atom. The van der Waals surface area contributed by atoms with Gasteiger partial charge in [-0.05, 0) is 30.1 Å². The third-order valence-electron chi connectivity index (χ3n) is 3.91. The van der Waals surface area contributed by atoms with Crippen molar-refractivity contribution in [2.24, 2.45) is 17.3 Å². The van der Waals surface area contributed by atoms with E-state index in [9.17, 15) is 0 Å². The van der Waals surface area contributed by atoms with E-state index < -0.39 is 0 Å². The largest absolute Gasteiger partial charge is 0.396 e. The van der Waals surface area contributed by atoms with Crippen molar-refractivity contribution in [2.75, 3.05) is 6.61 Å². The van der Waals surface area contributed by atoms with Crippen molar-refractivity contribution in [1.29, 1.82) is 0 Å². The molecule has 3 aliphatic rings. The summed E-state index contributed by atoms with van der Waals surface area (Å²) in [6.45, 7) is 2.74. The van der Waals surface area contributed by atoms with Crippen LogP contribution in [0.3, 0.4) is 0 Å². The van der Waals surface area contributed by atoms with Gasteiger partial charge in [0.1, 0.15) is 0 Å². The average Bonchev–Trinajstić information content (AvgIpc) is 2.04. The molecule has 1 N–H and O–H groups in total. The van der Waals surface area contributed by atoms with E-state index in [0.717, 1.165) is 11.8 Å². The molecule has 3 rings (SSSR count). The molecule has 1 unspecified atom stereocenters. The molecule has 0 aromatic rings. The predicted molar refractivity (Wildman–Crippen MR) is 40.6 cm³/mol. The van der Waals surface area contributed by atoms with E-state index in [2.05, 4.69) is 6.92 Å². The lowest BCUT2D eigenvalue weighted by molar-refractivity contribution is -0.112. The minimum atomic E-state index is 0.378. The van der Waals surface area contributed by atoms with Gasteiger partial charge >= 0.3 is 0 Å². The third-order valence-corrected chi connectivity index (χ3v) is 3.91. The maximum atomic E-state index is 9.16. The summed E-state index contributed by atoms with van der Waals surface area (Å²) in [6, 6.07) is 0. The number of aliphatic hydroxyl groups is 1. The van der Waals surface area contributed by atoms with Crippen LogP contribution in [-0.4, -0.2) is 11.7 Å². The van der Waals surface area contributed by atoms with Gasteiger partial charge < -0.3 is 5.11 Å². The van der Waals surface area contributed by atoms with Crippen molar-refractivity contribution in [3.8, 4) is 0 Å². The van der Waals surface area contributed by atoms with Crippen molar-refractivity contribution >= 4 is 0 Å². The summed E-state index contributed by atoms with van der Waals surface area (Å²) in [4.78, 5) is 0. The van der Waals surface area contributed by atoms with Crippen LogP contribution in [0.2, 0.25) is 0 Å². The highest BCUT2D eigenvalue weighted by molar-refractivity contribution is 5.02. The van der Waals surface area contributed by atoms with Gasteiger partial charge in [-0.3, -0.25) is 0 Å². The first kappa shape index (κ1) is 6.66. The molecule has 3 atom stereocenters. The van der Waals surface area contributed by atoms with Crippen LogP contribution in [0.4, 0.5) is 0 Å². The van der Waals surface area contributed by atoms with Crippen LogP contribution in [0.25, 0.3) is 0 Å². The van der Waals surface area contributed by atoms with Crippen molar-refractivity contribution in [3.05, 3.63) is 0 Å². The Hall–Kier alpha value is -0.0400. The van der Waals surface area contributed by atoms with E-state index in [1.165, 1.54) is 25.7 Å². The smallest absolute Gasteiger partial charge is 0.0490 e. The Bertz CT molecular complexity index is 140. The zero-order chi connectivity index (χ0) is 7.19. The molecule has 0 amide bonds. The monoisotopic (exact) mass is 140 g/mol. The Balaban J connectivity index is 2.10. The van der Waals surface area contributed by atoms with Crippen molar-refractivity contribution < 1.29 is 5.11 Å². The molecular weight excluding hydrogens is 124 g/mol. The van der Waals surface area contributed by atoms with Crippen molar-refractivity contribution in [2.45, 2.75) is 32.6 Å². The van der Waals surface area contributed by atoms with Gasteiger partial charge in [0, 0.05) is 6.61 Å². The molecule has 2 bridgehead atoms. The zero-order valence-corrected chi connectivity index (χ0v) is 6.64. The standard InChI is InChI=1S/C9H16O/c1-7-8-3-2-4-9(7,5-8)6-10/h7-8,10H,2-6H2,1H3/t7-,8+,9?/m0/s1. The molecule has 0 aromatic carbocycles. The fourth-order valence-corrected chi connectivity index (χ4v) is 2.91. The van der Waals surface area contributed by atoms with E-state index >= 15 is 0 Å². The predicted octanol–water partition coefficient (Wildman–Crippen LogP) is 1.80. The maximum absolute atomic E-state index is 9.16. The van der Waals surface area contributed by atoms with Gasteiger partial charge in [0.15, 0.2) is 0 Å². The Labute approximate surface area is 62.4 Å². The minimum Gasteiger partial charge on any atom is -0.396 e. The second kappa shape index (κ2) is 1.97.